The van der Waals surface area contributed by atoms with Crippen LogP contribution in [0.1, 0.15) is 24.3 Å². The minimum absolute atomic E-state index is 0. The first-order valence-corrected chi connectivity index (χ1v) is 6.07. The van der Waals surface area contributed by atoms with Crippen LogP contribution in [0.4, 0.5) is 0 Å². The lowest BCUT2D eigenvalue weighted by atomic mass is 9.98. The molecule has 0 amide bonds. The molecular formula is C12H22ClN3O. The molecule has 2 heterocycles. The molecule has 1 aliphatic heterocycles. The van der Waals surface area contributed by atoms with E-state index in [1.54, 1.807) is 0 Å². The Morgan fingerprint density at radius 3 is 3.06 bits per heavy atom. The number of hydrogen-bond donors (Lipinski definition) is 1. The Hall–Kier alpha value is -0.580. The summed E-state index contributed by atoms with van der Waals surface area (Å²) in [6, 6.07) is 2.03. The second-order valence-electron chi connectivity index (χ2n) is 4.74. The maximum atomic E-state index is 5.25. The van der Waals surface area contributed by atoms with Crippen molar-refractivity contribution in [2.75, 3.05) is 26.7 Å². The molecule has 5 heteroatoms. The van der Waals surface area contributed by atoms with Crippen LogP contribution >= 0.6 is 12.4 Å². The summed E-state index contributed by atoms with van der Waals surface area (Å²) >= 11 is 0. The van der Waals surface area contributed by atoms with E-state index in [1.807, 2.05) is 20.0 Å². The number of aromatic nitrogens is 1. The second-order valence-corrected chi connectivity index (χ2v) is 4.74. The molecule has 1 aromatic rings. The van der Waals surface area contributed by atoms with Crippen LogP contribution in [0, 0.1) is 12.8 Å². The molecule has 4 nitrogen and oxygen atoms in total. The van der Waals surface area contributed by atoms with Crippen molar-refractivity contribution in [2.24, 2.45) is 5.92 Å². The molecule has 98 valence electrons. The monoisotopic (exact) mass is 259 g/mol. The topological polar surface area (TPSA) is 41.3 Å². The van der Waals surface area contributed by atoms with Crippen LogP contribution in [0.25, 0.3) is 0 Å². The first-order valence-electron chi connectivity index (χ1n) is 6.07. The predicted octanol–water partition coefficient (Wildman–Crippen LogP) is 1.84. The van der Waals surface area contributed by atoms with Gasteiger partial charge in [-0.1, -0.05) is 5.16 Å². The maximum Gasteiger partial charge on any atom is 0.150 e. The summed E-state index contributed by atoms with van der Waals surface area (Å²) in [6.45, 7) is 6.33. The number of likely N-dealkylation sites (tertiary alicyclic amines) is 1. The van der Waals surface area contributed by atoms with Crippen LogP contribution in [-0.4, -0.2) is 36.7 Å². The molecule has 1 atom stereocenters. The van der Waals surface area contributed by atoms with Crippen molar-refractivity contribution in [1.29, 1.82) is 0 Å². The number of halogens is 1. The Labute approximate surface area is 109 Å². The van der Waals surface area contributed by atoms with E-state index in [4.69, 9.17) is 4.52 Å². The third kappa shape index (κ3) is 4.30. The van der Waals surface area contributed by atoms with E-state index in [0.717, 1.165) is 30.5 Å². The average Bonchev–Trinajstić information content (AvgIpc) is 2.65. The van der Waals surface area contributed by atoms with Crippen molar-refractivity contribution in [1.82, 2.24) is 15.4 Å². The number of rotatable bonds is 4. The number of nitrogens with one attached hydrogen (secondary N) is 1. The summed E-state index contributed by atoms with van der Waals surface area (Å²) in [5.41, 5.74) is 0.971. The third-order valence-electron chi connectivity index (χ3n) is 3.15. The number of aryl methyl sites for hydroxylation is 1. The Balaban J connectivity index is 0.00000144. The molecule has 1 N–H and O–H groups in total. The van der Waals surface area contributed by atoms with Gasteiger partial charge in [0.2, 0.25) is 0 Å². The van der Waals surface area contributed by atoms with Crippen LogP contribution in [0.3, 0.4) is 0 Å². The van der Waals surface area contributed by atoms with Crippen LogP contribution in [0.2, 0.25) is 0 Å². The summed E-state index contributed by atoms with van der Waals surface area (Å²) < 4.78 is 5.25. The molecule has 0 aromatic carbocycles. The first kappa shape index (κ1) is 14.5. The van der Waals surface area contributed by atoms with Crippen molar-refractivity contribution in [2.45, 2.75) is 26.3 Å². The summed E-state index contributed by atoms with van der Waals surface area (Å²) in [5, 5.41) is 7.19. The Morgan fingerprint density at radius 2 is 2.41 bits per heavy atom. The molecule has 0 spiro atoms. The van der Waals surface area contributed by atoms with Gasteiger partial charge in [-0.05, 0) is 45.8 Å². The summed E-state index contributed by atoms with van der Waals surface area (Å²) in [4.78, 5) is 2.46. The normalized spacial score (nSPS) is 21.2. The van der Waals surface area contributed by atoms with Crippen molar-refractivity contribution >= 4 is 12.4 Å². The highest BCUT2D eigenvalue weighted by molar-refractivity contribution is 5.85. The quantitative estimate of drug-likeness (QED) is 0.896. The van der Waals surface area contributed by atoms with Crippen molar-refractivity contribution in [3.8, 4) is 0 Å². The lowest BCUT2D eigenvalue weighted by Gasteiger charge is -2.31. The highest BCUT2D eigenvalue weighted by Crippen LogP contribution is 2.18. The van der Waals surface area contributed by atoms with Crippen LogP contribution in [-0.2, 0) is 6.54 Å². The first-order chi connectivity index (χ1) is 7.78. The van der Waals surface area contributed by atoms with E-state index < -0.39 is 0 Å². The van der Waals surface area contributed by atoms with Gasteiger partial charge in [0.15, 0.2) is 5.76 Å². The maximum absolute atomic E-state index is 5.25. The van der Waals surface area contributed by atoms with Crippen molar-refractivity contribution < 1.29 is 4.52 Å². The van der Waals surface area contributed by atoms with E-state index >= 15 is 0 Å². The lowest BCUT2D eigenvalue weighted by molar-refractivity contribution is 0.152. The van der Waals surface area contributed by atoms with Gasteiger partial charge in [0.25, 0.3) is 0 Å². The van der Waals surface area contributed by atoms with E-state index in [-0.39, 0.29) is 12.4 Å². The molecule has 1 aliphatic rings. The standard InChI is InChI=1S/C12H21N3O.ClH/c1-10-6-12(16-14-10)9-15-5-3-4-11(8-15)7-13-2;/h6,11,13H,3-5,7-9H2,1-2H3;1H. The van der Waals surface area contributed by atoms with Gasteiger partial charge in [-0.25, -0.2) is 0 Å². The van der Waals surface area contributed by atoms with E-state index in [0.29, 0.717) is 0 Å². The van der Waals surface area contributed by atoms with Gasteiger partial charge in [0.05, 0.1) is 12.2 Å². The minimum Gasteiger partial charge on any atom is -0.360 e. The average molecular weight is 260 g/mol. The van der Waals surface area contributed by atoms with Gasteiger partial charge in [-0.2, -0.15) is 0 Å². The predicted molar refractivity (Wildman–Crippen MR) is 70.4 cm³/mol. The van der Waals surface area contributed by atoms with Crippen molar-refractivity contribution in [3.63, 3.8) is 0 Å². The fraction of sp³-hybridized carbons (Fsp3) is 0.750. The Morgan fingerprint density at radius 1 is 1.59 bits per heavy atom. The zero-order valence-corrected chi connectivity index (χ0v) is 11.4. The number of nitrogens with zero attached hydrogens (tertiary/aromatic N) is 2. The molecule has 1 aromatic heterocycles. The summed E-state index contributed by atoms with van der Waals surface area (Å²) in [6.07, 6.45) is 2.63. The number of hydrogen-bond acceptors (Lipinski definition) is 4. The Bertz CT molecular complexity index is 327. The van der Waals surface area contributed by atoms with Gasteiger partial charge in [0.1, 0.15) is 0 Å². The summed E-state index contributed by atoms with van der Waals surface area (Å²) in [5.74, 6) is 1.77. The van der Waals surface area contributed by atoms with Crippen LogP contribution < -0.4 is 5.32 Å². The van der Waals surface area contributed by atoms with Crippen molar-refractivity contribution in [3.05, 3.63) is 17.5 Å². The van der Waals surface area contributed by atoms with Crippen LogP contribution in [0.15, 0.2) is 10.6 Å². The van der Waals surface area contributed by atoms with Gasteiger partial charge in [0, 0.05) is 12.6 Å². The molecule has 1 unspecified atom stereocenters. The van der Waals surface area contributed by atoms with Gasteiger partial charge in [-0.15, -0.1) is 12.4 Å². The largest absolute Gasteiger partial charge is 0.360 e. The Kier molecular flexibility index (Phi) is 5.95. The zero-order valence-electron chi connectivity index (χ0n) is 10.6. The summed E-state index contributed by atoms with van der Waals surface area (Å²) in [7, 11) is 2.03. The lowest BCUT2D eigenvalue weighted by Crippen LogP contribution is -2.38. The molecule has 0 aliphatic carbocycles. The zero-order chi connectivity index (χ0) is 11.4. The third-order valence-corrected chi connectivity index (χ3v) is 3.15. The van der Waals surface area contributed by atoms with E-state index in [2.05, 4.69) is 15.4 Å². The molecule has 0 saturated carbocycles. The molecule has 0 radical (unpaired) electrons. The smallest absolute Gasteiger partial charge is 0.150 e. The molecular weight excluding hydrogens is 238 g/mol. The highest BCUT2D eigenvalue weighted by Gasteiger charge is 2.20. The molecule has 0 bridgehead atoms. The molecule has 1 fully saturated rings. The highest BCUT2D eigenvalue weighted by atomic mass is 35.5. The van der Waals surface area contributed by atoms with Crippen LogP contribution in [0.5, 0.6) is 0 Å². The molecule has 2 rings (SSSR count). The van der Waals surface area contributed by atoms with Gasteiger partial charge in [-0.3, -0.25) is 4.90 Å². The fourth-order valence-corrected chi connectivity index (χ4v) is 2.46. The van der Waals surface area contributed by atoms with Gasteiger partial charge < -0.3 is 9.84 Å². The molecule has 1 saturated heterocycles. The molecule has 17 heavy (non-hydrogen) atoms. The van der Waals surface area contributed by atoms with Gasteiger partial charge >= 0.3 is 0 Å². The SMILES string of the molecule is CNCC1CCCN(Cc2cc(C)no2)C1.Cl. The fourth-order valence-electron chi connectivity index (χ4n) is 2.46. The minimum atomic E-state index is 0. The van der Waals surface area contributed by atoms with E-state index in [1.165, 1.54) is 25.9 Å². The second kappa shape index (κ2) is 6.99. The number of piperidine rings is 1. The van der Waals surface area contributed by atoms with E-state index in [9.17, 15) is 0 Å².